The molecule has 1 fully saturated rings. The molecule has 0 spiro atoms. The summed E-state index contributed by atoms with van der Waals surface area (Å²) >= 11 is 1.83. The van der Waals surface area contributed by atoms with E-state index in [4.69, 9.17) is 10.5 Å². The molecule has 1 atom stereocenters. The first-order chi connectivity index (χ1) is 8.49. The monoisotopic (exact) mass is 274 g/mol. The second-order valence-corrected chi connectivity index (χ2v) is 6.73. The predicted octanol–water partition coefficient (Wildman–Crippen LogP) is 1.39. The Morgan fingerprint density at radius 3 is 2.56 bits per heavy atom. The number of thioether (sulfide) groups is 1. The number of hydrogen-bond donors (Lipinski definition) is 2. The van der Waals surface area contributed by atoms with Crippen molar-refractivity contribution in [2.24, 2.45) is 11.7 Å². The Morgan fingerprint density at radius 1 is 1.44 bits per heavy atom. The number of carbonyl (C=O) groups is 1. The second-order valence-electron chi connectivity index (χ2n) is 5.45. The zero-order valence-corrected chi connectivity index (χ0v) is 12.5. The number of ether oxygens (including phenoxy) is 1. The minimum Gasteiger partial charge on any atom is -0.381 e. The molecule has 0 saturated carbocycles. The molecule has 5 heteroatoms. The Labute approximate surface area is 114 Å². The highest BCUT2D eigenvalue weighted by Gasteiger charge is 2.32. The number of carbonyl (C=O) groups excluding carboxylic acids is 1. The molecule has 1 aliphatic heterocycles. The molecular weight excluding hydrogens is 248 g/mol. The summed E-state index contributed by atoms with van der Waals surface area (Å²) in [7, 11) is 0. The van der Waals surface area contributed by atoms with Crippen LogP contribution in [0.25, 0.3) is 0 Å². The Bertz CT molecular complexity index is 266. The van der Waals surface area contributed by atoms with Crippen LogP contribution < -0.4 is 11.1 Å². The summed E-state index contributed by atoms with van der Waals surface area (Å²) in [5, 5.41) is 3.01. The zero-order chi connectivity index (χ0) is 13.6. The molecule has 1 rings (SSSR count). The number of nitrogens with two attached hydrogens (primary N) is 1. The smallest absolute Gasteiger partial charge is 0.236 e. The molecule has 4 nitrogen and oxygen atoms in total. The van der Waals surface area contributed by atoms with E-state index in [1.807, 2.05) is 11.8 Å². The van der Waals surface area contributed by atoms with Gasteiger partial charge in [0.15, 0.2) is 0 Å². The minimum absolute atomic E-state index is 0.0244. The van der Waals surface area contributed by atoms with Gasteiger partial charge >= 0.3 is 0 Å². The van der Waals surface area contributed by atoms with Gasteiger partial charge in [-0.05, 0) is 31.4 Å². The van der Waals surface area contributed by atoms with Crippen molar-refractivity contribution >= 4 is 17.7 Å². The fourth-order valence-corrected chi connectivity index (χ4v) is 2.98. The van der Waals surface area contributed by atoms with E-state index in [1.165, 1.54) is 0 Å². The highest BCUT2D eigenvalue weighted by atomic mass is 32.2. The molecule has 0 aromatic carbocycles. The van der Waals surface area contributed by atoms with Crippen LogP contribution in [0, 0.1) is 5.92 Å². The summed E-state index contributed by atoms with van der Waals surface area (Å²) in [5.41, 5.74) is 5.87. The highest BCUT2D eigenvalue weighted by Crippen LogP contribution is 2.32. The van der Waals surface area contributed by atoms with Crippen LogP contribution in [0.2, 0.25) is 0 Å². The Balaban J connectivity index is 2.40. The molecule has 0 aliphatic carbocycles. The van der Waals surface area contributed by atoms with Crippen molar-refractivity contribution in [1.82, 2.24) is 5.32 Å². The molecule has 1 saturated heterocycles. The Kier molecular flexibility index (Phi) is 6.46. The van der Waals surface area contributed by atoms with Crippen LogP contribution in [0.5, 0.6) is 0 Å². The number of nitrogens with one attached hydrogen (secondary N) is 1. The maximum atomic E-state index is 11.9. The normalized spacial score (nSPS) is 20.7. The number of amides is 1. The maximum Gasteiger partial charge on any atom is 0.236 e. The SMILES string of the molecule is CSC1(CNC(=O)[C@@H](N)CC(C)C)CCOCC1. The molecule has 3 N–H and O–H groups in total. The van der Waals surface area contributed by atoms with Crippen molar-refractivity contribution < 1.29 is 9.53 Å². The lowest BCUT2D eigenvalue weighted by Crippen LogP contribution is -2.49. The van der Waals surface area contributed by atoms with E-state index >= 15 is 0 Å². The van der Waals surface area contributed by atoms with Gasteiger partial charge in [-0.2, -0.15) is 11.8 Å². The molecule has 0 aromatic rings. The van der Waals surface area contributed by atoms with Crippen molar-refractivity contribution in [2.45, 2.75) is 43.9 Å². The first kappa shape index (κ1) is 15.8. The molecule has 106 valence electrons. The van der Waals surface area contributed by atoms with Crippen molar-refractivity contribution in [3.63, 3.8) is 0 Å². The van der Waals surface area contributed by atoms with Gasteiger partial charge < -0.3 is 15.8 Å². The average molecular weight is 274 g/mol. The van der Waals surface area contributed by atoms with Gasteiger partial charge in [-0.15, -0.1) is 0 Å². The molecule has 0 radical (unpaired) electrons. The number of rotatable bonds is 6. The van der Waals surface area contributed by atoms with Gasteiger partial charge in [-0.25, -0.2) is 0 Å². The quantitative estimate of drug-likeness (QED) is 0.768. The molecule has 1 aliphatic rings. The summed E-state index contributed by atoms with van der Waals surface area (Å²) in [6.45, 7) is 6.43. The van der Waals surface area contributed by atoms with Gasteiger partial charge in [0.2, 0.25) is 5.91 Å². The van der Waals surface area contributed by atoms with Crippen LogP contribution in [0.1, 0.15) is 33.1 Å². The van der Waals surface area contributed by atoms with Crippen LogP contribution in [0.3, 0.4) is 0 Å². The third kappa shape index (κ3) is 4.78. The van der Waals surface area contributed by atoms with Crippen molar-refractivity contribution in [3.05, 3.63) is 0 Å². The van der Waals surface area contributed by atoms with Crippen molar-refractivity contribution in [1.29, 1.82) is 0 Å². The third-order valence-corrected chi connectivity index (χ3v) is 4.90. The summed E-state index contributed by atoms with van der Waals surface area (Å²) in [5.74, 6) is 0.423. The number of hydrogen-bond acceptors (Lipinski definition) is 4. The Morgan fingerprint density at radius 2 is 2.06 bits per heavy atom. The molecule has 0 unspecified atom stereocenters. The van der Waals surface area contributed by atoms with Gasteiger partial charge in [0, 0.05) is 24.5 Å². The average Bonchev–Trinajstić information content (AvgIpc) is 2.36. The van der Waals surface area contributed by atoms with Crippen LogP contribution in [-0.4, -0.2) is 42.7 Å². The third-order valence-electron chi connectivity index (χ3n) is 3.48. The molecular formula is C13H26N2O2S. The molecule has 1 amide bonds. The summed E-state index contributed by atoms with van der Waals surface area (Å²) in [6.07, 6.45) is 4.83. The second kappa shape index (κ2) is 7.36. The summed E-state index contributed by atoms with van der Waals surface area (Å²) in [4.78, 5) is 11.9. The molecule has 1 heterocycles. The predicted molar refractivity (Wildman–Crippen MR) is 76.7 cm³/mol. The van der Waals surface area contributed by atoms with Gasteiger partial charge in [-0.1, -0.05) is 13.8 Å². The van der Waals surface area contributed by atoms with Gasteiger partial charge in [0.25, 0.3) is 0 Å². The van der Waals surface area contributed by atoms with Crippen molar-refractivity contribution in [2.75, 3.05) is 26.0 Å². The van der Waals surface area contributed by atoms with E-state index in [0.717, 1.165) is 32.5 Å². The van der Waals surface area contributed by atoms with E-state index in [0.29, 0.717) is 12.5 Å². The summed E-state index contributed by atoms with van der Waals surface area (Å²) < 4.78 is 5.51. The van der Waals surface area contributed by atoms with E-state index in [1.54, 1.807) is 0 Å². The molecule has 0 aromatic heterocycles. The fourth-order valence-electron chi connectivity index (χ4n) is 2.19. The van der Waals surface area contributed by atoms with Crippen molar-refractivity contribution in [3.8, 4) is 0 Å². The standard InChI is InChI=1S/C13H26N2O2S/c1-10(2)8-11(14)12(16)15-9-13(18-3)4-6-17-7-5-13/h10-11H,4-9,14H2,1-3H3,(H,15,16)/t11-/m0/s1. The Hall–Kier alpha value is -0.260. The first-order valence-corrected chi connectivity index (χ1v) is 7.88. The van der Waals surface area contributed by atoms with E-state index in [9.17, 15) is 4.79 Å². The maximum absolute atomic E-state index is 11.9. The largest absolute Gasteiger partial charge is 0.381 e. The van der Waals surface area contributed by atoms with E-state index < -0.39 is 0 Å². The van der Waals surface area contributed by atoms with Gasteiger partial charge in [0.1, 0.15) is 0 Å². The van der Waals surface area contributed by atoms with Crippen LogP contribution in [0.4, 0.5) is 0 Å². The zero-order valence-electron chi connectivity index (χ0n) is 11.7. The first-order valence-electron chi connectivity index (χ1n) is 6.65. The van der Waals surface area contributed by atoms with Crippen LogP contribution in [-0.2, 0) is 9.53 Å². The van der Waals surface area contributed by atoms with Gasteiger partial charge in [0.05, 0.1) is 6.04 Å². The molecule has 0 bridgehead atoms. The summed E-state index contributed by atoms with van der Waals surface area (Å²) in [6, 6.07) is -0.385. The van der Waals surface area contributed by atoms with E-state index in [2.05, 4.69) is 25.4 Å². The minimum atomic E-state index is -0.385. The topological polar surface area (TPSA) is 64.4 Å². The highest BCUT2D eigenvalue weighted by molar-refractivity contribution is 8.00. The van der Waals surface area contributed by atoms with Crippen LogP contribution in [0.15, 0.2) is 0 Å². The van der Waals surface area contributed by atoms with Crippen LogP contribution >= 0.6 is 11.8 Å². The lowest BCUT2D eigenvalue weighted by Gasteiger charge is -2.36. The lowest BCUT2D eigenvalue weighted by atomic mass is 9.98. The molecule has 18 heavy (non-hydrogen) atoms. The van der Waals surface area contributed by atoms with Gasteiger partial charge in [-0.3, -0.25) is 4.79 Å². The fraction of sp³-hybridized carbons (Fsp3) is 0.923. The lowest BCUT2D eigenvalue weighted by molar-refractivity contribution is -0.122. The van der Waals surface area contributed by atoms with E-state index in [-0.39, 0.29) is 16.7 Å².